The zero-order valence-corrected chi connectivity index (χ0v) is 16.2. The highest BCUT2D eigenvalue weighted by Crippen LogP contribution is 2.44. The van der Waals surface area contributed by atoms with Crippen molar-refractivity contribution in [3.05, 3.63) is 35.3 Å². The lowest BCUT2D eigenvalue weighted by Crippen LogP contribution is -2.46. The van der Waals surface area contributed by atoms with E-state index in [-0.39, 0.29) is 11.2 Å². The van der Waals surface area contributed by atoms with E-state index >= 15 is 0 Å². The van der Waals surface area contributed by atoms with Crippen LogP contribution in [0.1, 0.15) is 36.3 Å². The minimum Gasteiger partial charge on any atom is -0.378 e. The number of ether oxygens (including phenoxy) is 1. The lowest BCUT2D eigenvalue weighted by molar-refractivity contribution is 0.122. The molecule has 0 amide bonds. The molecule has 0 N–H and O–H groups in total. The van der Waals surface area contributed by atoms with Crippen molar-refractivity contribution in [3.8, 4) is 0 Å². The van der Waals surface area contributed by atoms with Gasteiger partial charge in [-0.15, -0.1) is 0 Å². The quantitative estimate of drug-likeness (QED) is 0.785. The molecular weight excluding hydrogens is 359 g/mol. The number of rotatable bonds is 2. The molecule has 3 aliphatic rings. The van der Waals surface area contributed by atoms with Crippen LogP contribution < -0.4 is 9.80 Å². The van der Waals surface area contributed by atoms with Crippen LogP contribution in [0.15, 0.2) is 12.4 Å². The van der Waals surface area contributed by atoms with Gasteiger partial charge in [0, 0.05) is 37.8 Å². The van der Waals surface area contributed by atoms with E-state index in [0.29, 0.717) is 38.1 Å². The molecule has 1 aliphatic carbocycles. The maximum atomic E-state index is 14.4. The van der Waals surface area contributed by atoms with Gasteiger partial charge in [0.15, 0.2) is 11.6 Å². The van der Waals surface area contributed by atoms with Gasteiger partial charge in [-0.1, -0.05) is 0 Å². The van der Waals surface area contributed by atoms with Crippen LogP contribution in [0.5, 0.6) is 0 Å². The van der Waals surface area contributed by atoms with Crippen LogP contribution in [-0.2, 0) is 16.6 Å². The van der Waals surface area contributed by atoms with Gasteiger partial charge in [-0.3, -0.25) is 0 Å². The van der Waals surface area contributed by atoms with Crippen molar-refractivity contribution in [1.82, 2.24) is 19.9 Å². The monoisotopic (exact) mass is 384 g/mol. The third kappa shape index (κ3) is 2.99. The summed E-state index contributed by atoms with van der Waals surface area (Å²) in [5, 5.41) is 0. The first-order valence-corrected chi connectivity index (χ1v) is 10.1. The Bertz CT molecular complexity index is 883. The van der Waals surface area contributed by atoms with Gasteiger partial charge in [0.05, 0.1) is 25.1 Å². The molecule has 2 saturated heterocycles. The van der Waals surface area contributed by atoms with E-state index in [1.165, 1.54) is 17.5 Å². The van der Waals surface area contributed by atoms with E-state index in [0.717, 1.165) is 44.6 Å². The number of aromatic nitrogens is 4. The average molecular weight is 384 g/mol. The lowest BCUT2D eigenvalue weighted by Gasteiger charge is -2.40. The predicted molar refractivity (Wildman–Crippen MR) is 103 cm³/mol. The first-order valence-electron chi connectivity index (χ1n) is 10.1. The van der Waals surface area contributed by atoms with Crippen LogP contribution in [0.2, 0.25) is 0 Å². The number of hydrogen-bond acceptors (Lipinski definition) is 7. The maximum Gasteiger partial charge on any atom is 0.227 e. The Morgan fingerprint density at radius 1 is 1.04 bits per heavy atom. The van der Waals surface area contributed by atoms with Crippen LogP contribution in [0.4, 0.5) is 16.2 Å². The molecule has 2 aromatic rings. The Balaban J connectivity index is 1.44. The molecule has 2 aliphatic heterocycles. The summed E-state index contributed by atoms with van der Waals surface area (Å²) in [4.78, 5) is 22.3. The maximum absolute atomic E-state index is 14.4. The molecule has 8 heteroatoms. The van der Waals surface area contributed by atoms with Gasteiger partial charge in [0.25, 0.3) is 0 Å². The summed E-state index contributed by atoms with van der Waals surface area (Å²) in [7, 11) is 0. The smallest absolute Gasteiger partial charge is 0.227 e. The van der Waals surface area contributed by atoms with Gasteiger partial charge in [-0.05, 0) is 38.2 Å². The standard InChI is InChI=1S/C20H25FN6O/c1-14-22-11-15-3-5-20(17(15)24-14)4-2-6-27(13-20)19-23-12-16(21)18(25-19)26-7-9-28-10-8-26/h11-12H,2-10,13H2,1H3. The fourth-order valence-electron chi connectivity index (χ4n) is 4.83. The molecular formula is C20H25FN6O. The second kappa shape index (κ2) is 6.92. The summed E-state index contributed by atoms with van der Waals surface area (Å²) in [6.45, 7) is 6.16. The van der Waals surface area contributed by atoms with Crippen molar-refractivity contribution < 1.29 is 9.13 Å². The Labute approximate surface area is 164 Å². The zero-order valence-electron chi connectivity index (χ0n) is 16.2. The molecule has 0 aromatic carbocycles. The third-order valence-electron chi connectivity index (χ3n) is 6.24. The van der Waals surface area contributed by atoms with Crippen LogP contribution in [0.3, 0.4) is 0 Å². The second-order valence-electron chi connectivity index (χ2n) is 8.04. The SMILES string of the molecule is Cc1ncc2c(n1)C1(CCCN(c3ncc(F)c(N4CCOCC4)n3)C1)CC2. The van der Waals surface area contributed by atoms with Crippen molar-refractivity contribution >= 4 is 11.8 Å². The largest absolute Gasteiger partial charge is 0.378 e. The highest BCUT2D eigenvalue weighted by Gasteiger charge is 2.44. The number of nitrogens with zero attached hydrogens (tertiary/aromatic N) is 6. The summed E-state index contributed by atoms with van der Waals surface area (Å²) in [5.74, 6) is 1.45. The van der Waals surface area contributed by atoms with E-state index in [2.05, 4.69) is 19.9 Å². The lowest BCUT2D eigenvalue weighted by atomic mass is 9.77. The van der Waals surface area contributed by atoms with Crippen LogP contribution in [0, 0.1) is 12.7 Å². The Hall–Kier alpha value is -2.35. The Kier molecular flexibility index (Phi) is 4.38. The van der Waals surface area contributed by atoms with Gasteiger partial charge in [0.1, 0.15) is 5.82 Å². The van der Waals surface area contributed by atoms with Crippen LogP contribution in [-0.4, -0.2) is 59.3 Å². The molecule has 7 nitrogen and oxygen atoms in total. The van der Waals surface area contributed by atoms with Crippen molar-refractivity contribution in [2.75, 3.05) is 49.2 Å². The molecule has 2 fully saturated rings. The zero-order chi connectivity index (χ0) is 19.1. The topological polar surface area (TPSA) is 67.3 Å². The molecule has 1 atom stereocenters. The molecule has 28 heavy (non-hydrogen) atoms. The van der Waals surface area contributed by atoms with Crippen LogP contribution >= 0.6 is 0 Å². The third-order valence-corrected chi connectivity index (χ3v) is 6.24. The summed E-state index contributed by atoms with van der Waals surface area (Å²) in [6, 6.07) is 0. The summed E-state index contributed by atoms with van der Waals surface area (Å²) < 4.78 is 19.8. The van der Waals surface area contributed by atoms with Gasteiger partial charge >= 0.3 is 0 Å². The Morgan fingerprint density at radius 3 is 2.75 bits per heavy atom. The molecule has 148 valence electrons. The highest BCUT2D eigenvalue weighted by atomic mass is 19.1. The molecule has 0 radical (unpaired) electrons. The number of piperidine rings is 1. The molecule has 5 rings (SSSR count). The normalized spacial score (nSPS) is 24.6. The van der Waals surface area contributed by atoms with E-state index in [1.54, 1.807) is 0 Å². The number of anilines is 2. The van der Waals surface area contributed by atoms with Crippen molar-refractivity contribution in [2.24, 2.45) is 0 Å². The number of aryl methyl sites for hydroxylation is 2. The predicted octanol–water partition coefficient (Wildman–Crippen LogP) is 2.04. The van der Waals surface area contributed by atoms with Gasteiger partial charge in [0.2, 0.25) is 5.95 Å². The summed E-state index contributed by atoms with van der Waals surface area (Å²) in [5.41, 5.74) is 2.49. The second-order valence-corrected chi connectivity index (χ2v) is 8.04. The molecule has 2 aromatic heterocycles. The first-order chi connectivity index (χ1) is 13.6. The molecule has 0 saturated carbocycles. The first kappa shape index (κ1) is 17.7. The van der Waals surface area contributed by atoms with E-state index in [1.807, 2.05) is 18.0 Å². The number of hydrogen-bond donors (Lipinski definition) is 0. The number of halogens is 1. The Morgan fingerprint density at radius 2 is 1.89 bits per heavy atom. The highest BCUT2D eigenvalue weighted by molar-refractivity contribution is 5.47. The average Bonchev–Trinajstić information content (AvgIpc) is 3.06. The van der Waals surface area contributed by atoms with Crippen molar-refractivity contribution in [3.63, 3.8) is 0 Å². The minimum atomic E-state index is -0.369. The fourth-order valence-corrected chi connectivity index (χ4v) is 4.83. The van der Waals surface area contributed by atoms with Gasteiger partial charge in [-0.2, -0.15) is 4.98 Å². The van der Waals surface area contributed by atoms with E-state index in [9.17, 15) is 4.39 Å². The summed E-state index contributed by atoms with van der Waals surface area (Å²) in [6.07, 6.45) is 7.56. The molecule has 0 bridgehead atoms. The van der Waals surface area contributed by atoms with E-state index in [4.69, 9.17) is 9.72 Å². The van der Waals surface area contributed by atoms with Crippen LogP contribution in [0.25, 0.3) is 0 Å². The van der Waals surface area contributed by atoms with Crippen molar-refractivity contribution in [2.45, 2.75) is 38.0 Å². The number of fused-ring (bicyclic) bond motifs is 2. The van der Waals surface area contributed by atoms with Crippen molar-refractivity contribution in [1.29, 1.82) is 0 Å². The number of morpholine rings is 1. The molecule has 1 spiro atoms. The van der Waals surface area contributed by atoms with Gasteiger partial charge in [-0.25, -0.2) is 19.3 Å². The summed E-state index contributed by atoms with van der Waals surface area (Å²) >= 11 is 0. The molecule has 1 unspecified atom stereocenters. The van der Waals surface area contributed by atoms with E-state index < -0.39 is 0 Å². The van der Waals surface area contributed by atoms with Gasteiger partial charge < -0.3 is 14.5 Å². The molecule has 4 heterocycles. The fraction of sp³-hybridized carbons (Fsp3) is 0.600. The minimum absolute atomic E-state index is 0.0259.